The fourth-order valence-electron chi connectivity index (χ4n) is 3.48. The zero-order chi connectivity index (χ0) is 19.8. The van der Waals surface area contributed by atoms with Gasteiger partial charge < -0.3 is 9.09 Å². The number of rotatable bonds is 4. The molecule has 0 spiro atoms. The average Bonchev–Trinajstić information content (AvgIpc) is 3.46. The van der Waals surface area contributed by atoms with Crippen molar-refractivity contribution in [2.45, 2.75) is 13.8 Å². The van der Waals surface area contributed by atoms with E-state index in [9.17, 15) is 0 Å². The molecular weight excluding hydrogens is 378 g/mol. The molecule has 29 heavy (non-hydrogen) atoms. The van der Waals surface area contributed by atoms with Crippen molar-refractivity contribution in [2.75, 3.05) is 0 Å². The molecule has 0 saturated carbocycles. The highest BCUT2D eigenvalue weighted by Gasteiger charge is 2.21. The molecule has 0 unspecified atom stereocenters. The Balaban J connectivity index is 1.65. The normalized spacial score (nSPS) is 11.1. The van der Waals surface area contributed by atoms with Crippen molar-refractivity contribution in [2.24, 2.45) is 0 Å². The van der Waals surface area contributed by atoms with Gasteiger partial charge in [-0.3, -0.25) is 0 Å². The second-order valence-electron chi connectivity index (χ2n) is 7.08. The van der Waals surface area contributed by atoms with Crippen molar-refractivity contribution in [3.63, 3.8) is 0 Å². The van der Waals surface area contributed by atoms with E-state index in [2.05, 4.69) is 65.3 Å². The molecule has 0 N–H and O–H groups in total. The van der Waals surface area contributed by atoms with Crippen molar-refractivity contribution in [1.82, 2.24) is 14.7 Å². The van der Waals surface area contributed by atoms with Crippen LogP contribution in [0.15, 0.2) is 83.0 Å². The lowest BCUT2D eigenvalue weighted by Gasteiger charge is -2.08. The van der Waals surface area contributed by atoms with Crippen LogP contribution in [0.25, 0.3) is 39.0 Å². The van der Waals surface area contributed by atoms with Crippen LogP contribution in [-0.4, -0.2) is 14.7 Å². The van der Waals surface area contributed by atoms with Gasteiger partial charge in [0, 0.05) is 28.9 Å². The van der Waals surface area contributed by atoms with E-state index >= 15 is 0 Å². The lowest BCUT2D eigenvalue weighted by Crippen LogP contribution is -1.93. The van der Waals surface area contributed by atoms with E-state index in [-0.39, 0.29) is 0 Å². The first kappa shape index (κ1) is 17.6. The third-order valence-corrected chi connectivity index (χ3v) is 5.81. The van der Waals surface area contributed by atoms with E-state index in [4.69, 9.17) is 9.51 Å². The topological polar surface area (TPSA) is 43.9 Å². The van der Waals surface area contributed by atoms with Crippen LogP contribution in [0, 0.1) is 13.8 Å². The highest BCUT2D eigenvalue weighted by Crippen LogP contribution is 2.41. The van der Waals surface area contributed by atoms with Crippen LogP contribution in [-0.2, 0) is 0 Å². The quantitative estimate of drug-likeness (QED) is 0.346. The van der Waals surface area contributed by atoms with Gasteiger partial charge in [0.05, 0.1) is 5.69 Å². The number of hydrogen-bond acceptors (Lipinski definition) is 4. The van der Waals surface area contributed by atoms with Gasteiger partial charge in [0.2, 0.25) is 5.82 Å². The van der Waals surface area contributed by atoms with Gasteiger partial charge in [-0.05, 0) is 37.6 Å². The molecule has 0 saturated heterocycles. The molecule has 5 heteroatoms. The zero-order valence-electron chi connectivity index (χ0n) is 16.2. The van der Waals surface area contributed by atoms with E-state index in [1.807, 2.05) is 36.7 Å². The van der Waals surface area contributed by atoms with Crippen LogP contribution in [0.1, 0.15) is 11.1 Å². The van der Waals surface area contributed by atoms with Crippen LogP contribution < -0.4 is 0 Å². The van der Waals surface area contributed by atoms with E-state index in [1.165, 1.54) is 16.7 Å². The summed E-state index contributed by atoms with van der Waals surface area (Å²) in [6, 6.07) is 20.7. The SMILES string of the molecule is Cc1cccc(-c2noc(-c3scc(-c4cccc(C)c4)c3-n3cccc3)n2)c1. The molecule has 0 aliphatic rings. The van der Waals surface area contributed by atoms with Crippen molar-refractivity contribution in [3.05, 3.63) is 89.6 Å². The Labute approximate surface area is 173 Å². The number of nitrogens with zero attached hydrogens (tertiary/aromatic N) is 3. The van der Waals surface area contributed by atoms with Gasteiger partial charge in [-0.2, -0.15) is 4.98 Å². The fraction of sp³-hybridized carbons (Fsp3) is 0.0833. The second kappa shape index (κ2) is 7.18. The van der Waals surface area contributed by atoms with Gasteiger partial charge in [0.15, 0.2) is 0 Å². The van der Waals surface area contributed by atoms with Crippen molar-refractivity contribution in [1.29, 1.82) is 0 Å². The highest BCUT2D eigenvalue weighted by molar-refractivity contribution is 7.14. The number of aromatic nitrogens is 3. The molecule has 0 aliphatic carbocycles. The summed E-state index contributed by atoms with van der Waals surface area (Å²) in [6.45, 7) is 4.17. The third kappa shape index (κ3) is 3.30. The molecule has 0 amide bonds. The van der Waals surface area contributed by atoms with Gasteiger partial charge in [-0.1, -0.05) is 58.7 Å². The minimum atomic E-state index is 0.536. The first-order chi connectivity index (χ1) is 14.2. The largest absolute Gasteiger partial charge is 0.333 e. The minimum absolute atomic E-state index is 0.536. The van der Waals surface area contributed by atoms with Crippen molar-refractivity contribution in [3.8, 4) is 39.0 Å². The number of hydrogen-bond donors (Lipinski definition) is 0. The summed E-state index contributed by atoms with van der Waals surface area (Å²) in [5, 5.41) is 6.40. The summed E-state index contributed by atoms with van der Waals surface area (Å²) in [5.74, 6) is 1.14. The Morgan fingerprint density at radius 1 is 0.862 bits per heavy atom. The summed E-state index contributed by atoms with van der Waals surface area (Å²) in [5.41, 5.74) is 6.74. The molecule has 3 heterocycles. The molecule has 142 valence electrons. The molecule has 3 aromatic heterocycles. The van der Waals surface area contributed by atoms with Crippen LogP contribution in [0.3, 0.4) is 0 Å². The second-order valence-corrected chi connectivity index (χ2v) is 7.96. The van der Waals surface area contributed by atoms with E-state index in [0.29, 0.717) is 11.7 Å². The maximum atomic E-state index is 5.69. The maximum Gasteiger partial charge on any atom is 0.270 e. The van der Waals surface area contributed by atoms with Gasteiger partial charge >= 0.3 is 0 Å². The highest BCUT2D eigenvalue weighted by atomic mass is 32.1. The average molecular weight is 398 g/mol. The Hall–Kier alpha value is -3.44. The summed E-state index contributed by atoms with van der Waals surface area (Å²) in [4.78, 5) is 5.67. The predicted octanol–water partition coefficient (Wildman–Crippen LogP) is 6.54. The third-order valence-electron chi connectivity index (χ3n) is 4.85. The monoisotopic (exact) mass is 397 g/mol. The smallest absolute Gasteiger partial charge is 0.270 e. The lowest BCUT2D eigenvalue weighted by atomic mass is 10.0. The van der Waals surface area contributed by atoms with Crippen LogP contribution in [0.5, 0.6) is 0 Å². The van der Waals surface area contributed by atoms with Gasteiger partial charge in [0.1, 0.15) is 4.88 Å². The Kier molecular flexibility index (Phi) is 4.37. The van der Waals surface area contributed by atoms with Gasteiger partial charge in [-0.15, -0.1) is 11.3 Å². The molecule has 5 aromatic rings. The van der Waals surface area contributed by atoms with Crippen LogP contribution in [0.4, 0.5) is 0 Å². The van der Waals surface area contributed by atoms with Crippen LogP contribution in [0.2, 0.25) is 0 Å². The summed E-state index contributed by atoms with van der Waals surface area (Å²) < 4.78 is 7.80. The molecule has 0 atom stereocenters. The fourth-order valence-corrected chi connectivity index (χ4v) is 4.47. The van der Waals surface area contributed by atoms with Crippen LogP contribution >= 0.6 is 11.3 Å². The first-order valence-electron chi connectivity index (χ1n) is 9.42. The number of benzene rings is 2. The molecule has 4 nitrogen and oxygen atoms in total. The van der Waals surface area contributed by atoms with Crippen molar-refractivity contribution < 1.29 is 4.52 Å². The number of thiophene rings is 1. The Morgan fingerprint density at radius 2 is 1.55 bits per heavy atom. The standard InChI is InChI=1S/C24H19N3OS/c1-16-7-5-9-18(13-16)20-15-29-22(21(20)27-11-3-4-12-27)24-25-23(26-28-24)19-10-6-8-17(2)14-19/h3-15H,1-2H3. The Bertz CT molecular complexity index is 1280. The van der Waals surface area contributed by atoms with E-state index in [1.54, 1.807) is 11.3 Å². The number of aryl methyl sites for hydroxylation is 2. The molecular formula is C24H19N3OS. The molecule has 0 bridgehead atoms. The summed E-state index contributed by atoms with van der Waals surface area (Å²) in [7, 11) is 0. The first-order valence-corrected chi connectivity index (χ1v) is 10.3. The molecule has 0 aliphatic heterocycles. The van der Waals surface area contributed by atoms with E-state index in [0.717, 1.165) is 21.7 Å². The van der Waals surface area contributed by atoms with Crippen molar-refractivity contribution >= 4 is 11.3 Å². The Morgan fingerprint density at radius 3 is 2.28 bits per heavy atom. The van der Waals surface area contributed by atoms with Gasteiger partial charge in [-0.25, -0.2) is 0 Å². The molecule has 0 radical (unpaired) electrons. The molecule has 5 rings (SSSR count). The minimum Gasteiger partial charge on any atom is -0.333 e. The summed E-state index contributed by atoms with van der Waals surface area (Å²) >= 11 is 1.62. The van der Waals surface area contributed by atoms with E-state index < -0.39 is 0 Å². The molecule has 0 fully saturated rings. The maximum absolute atomic E-state index is 5.69. The molecule has 2 aromatic carbocycles. The summed E-state index contributed by atoms with van der Waals surface area (Å²) in [6.07, 6.45) is 4.09. The zero-order valence-corrected chi connectivity index (χ0v) is 17.0. The predicted molar refractivity (Wildman–Crippen MR) is 117 cm³/mol. The van der Waals surface area contributed by atoms with Gasteiger partial charge in [0.25, 0.3) is 5.89 Å². The lowest BCUT2D eigenvalue weighted by molar-refractivity contribution is 0.433.